The van der Waals surface area contributed by atoms with Gasteiger partial charge in [-0.1, -0.05) is 211 Å². The van der Waals surface area contributed by atoms with E-state index in [0.717, 1.165) is 135 Å². The number of phosphoric ester groups is 2. The molecular weight excluding hydrogens is 1150 g/mol. The molecule has 18 heteroatoms. The lowest BCUT2D eigenvalue weighted by molar-refractivity contribution is -0.161. The summed E-state index contributed by atoms with van der Waals surface area (Å²) in [6, 6.07) is 0. The van der Waals surface area contributed by atoms with Gasteiger partial charge >= 0.3 is 33.6 Å². The highest BCUT2D eigenvalue weighted by Crippen LogP contribution is 2.45. The Hall–Kier alpha value is -4.83. The molecule has 492 valence electrons. The molecule has 0 heterocycles. The zero-order valence-electron chi connectivity index (χ0n) is 52.9. The minimum absolute atomic E-state index is 0.0540. The van der Waals surface area contributed by atoms with Gasteiger partial charge in [0.25, 0.3) is 0 Å². The van der Waals surface area contributed by atoms with Crippen molar-refractivity contribution in [3.8, 4) is 0 Å². The average molecular weight is 1260 g/mol. The average Bonchev–Trinajstić information content (AvgIpc) is 3.68. The fourth-order valence-electron chi connectivity index (χ4n) is 7.48. The Labute approximate surface area is 523 Å². The fraction of sp³-hybridized carbons (Fsp3) is 0.580. The number of phosphoric acid groups is 2. The van der Waals surface area contributed by atoms with Gasteiger partial charge in [-0.3, -0.25) is 32.5 Å². The lowest BCUT2D eigenvalue weighted by Crippen LogP contribution is -2.30. The number of aliphatic hydroxyl groups is 2. The summed E-state index contributed by atoms with van der Waals surface area (Å²) < 4.78 is 60.6. The van der Waals surface area contributed by atoms with Crippen LogP contribution in [-0.2, 0) is 55.8 Å². The van der Waals surface area contributed by atoms with Gasteiger partial charge in [0, 0.05) is 19.3 Å². The SMILES string of the molecule is CC/C=C\C/C=C\C/C=C\C/C=C\C/C=C\C/C=C\CCC(=O)OCC(O)COP(=O)(O)OCC(O)COP(=O)(O)OCC(COC(=O)CCCCCC/C=C\C/C=C\C/C=C\C/C=C\CC)OC(=O)CCCCCCC/C=C\C/C=C\C/C=C\CC. The molecule has 0 aliphatic carbocycles. The van der Waals surface area contributed by atoms with E-state index in [2.05, 4.69) is 161 Å². The molecule has 16 nitrogen and oxygen atoms in total. The molecule has 0 bridgehead atoms. The number of ether oxygens (including phenoxy) is 3. The van der Waals surface area contributed by atoms with Crippen molar-refractivity contribution in [2.75, 3.05) is 39.6 Å². The Morgan fingerprint density at radius 3 is 0.977 bits per heavy atom. The van der Waals surface area contributed by atoms with Crippen LogP contribution >= 0.6 is 15.6 Å². The zero-order chi connectivity index (χ0) is 63.8. The molecule has 0 rings (SSSR count). The zero-order valence-corrected chi connectivity index (χ0v) is 54.7. The van der Waals surface area contributed by atoms with Crippen LogP contribution in [0.15, 0.2) is 158 Å². The van der Waals surface area contributed by atoms with Crippen molar-refractivity contribution in [1.82, 2.24) is 0 Å². The topological polar surface area (TPSA) is 231 Å². The van der Waals surface area contributed by atoms with Crippen LogP contribution in [0.1, 0.15) is 201 Å². The molecule has 0 radical (unpaired) electrons. The van der Waals surface area contributed by atoms with Crippen LogP contribution in [0.4, 0.5) is 0 Å². The number of carbonyl (C=O) groups is 3. The van der Waals surface area contributed by atoms with Crippen molar-refractivity contribution >= 4 is 33.6 Å². The van der Waals surface area contributed by atoms with Gasteiger partial charge in [-0.05, 0) is 128 Å². The largest absolute Gasteiger partial charge is 0.472 e. The second-order valence-electron chi connectivity index (χ2n) is 20.4. The Balaban J connectivity index is 4.81. The molecule has 0 spiro atoms. The summed E-state index contributed by atoms with van der Waals surface area (Å²) >= 11 is 0. The van der Waals surface area contributed by atoms with Crippen molar-refractivity contribution in [2.24, 2.45) is 0 Å². The van der Waals surface area contributed by atoms with Crippen molar-refractivity contribution in [3.05, 3.63) is 158 Å². The van der Waals surface area contributed by atoms with Gasteiger partial charge < -0.3 is 34.2 Å². The van der Waals surface area contributed by atoms with Gasteiger partial charge in [-0.2, -0.15) is 0 Å². The van der Waals surface area contributed by atoms with E-state index in [-0.39, 0.29) is 19.3 Å². The molecular formula is C69H110O16P2. The number of rotatable bonds is 58. The summed E-state index contributed by atoms with van der Waals surface area (Å²) in [7, 11) is -9.82. The van der Waals surface area contributed by atoms with E-state index in [1.165, 1.54) is 0 Å². The highest BCUT2D eigenvalue weighted by atomic mass is 31.2. The van der Waals surface area contributed by atoms with Crippen LogP contribution in [0, 0.1) is 0 Å². The highest BCUT2D eigenvalue weighted by Gasteiger charge is 2.29. The van der Waals surface area contributed by atoms with Crippen LogP contribution in [0.3, 0.4) is 0 Å². The van der Waals surface area contributed by atoms with E-state index in [0.29, 0.717) is 25.7 Å². The van der Waals surface area contributed by atoms with Crippen molar-refractivity contribution in [3.63, 3.8) is 0 Å². The Morgan fingerprint density at radius 1 is 0.322 bits per heavy atom. The summed E-state index contributed by atoms with van der Waals surface area (Å²) in [5, 5.41) is 20.5. The van der Waals surface area contributed by atoms with Gasteiger partial charge in [0.1, 0.15) is 25.4 Å². The van der Waals surface area contributed by atoms with E-state index in [4.69, 9.17) is 32.3 Å². The van der Waals surface area contributed by atoms with Gasteiger partial charge in [0.2, 0.25) is 0 Å². The van der Waals surface area contributed by atoms with Gasteiger partial charge in [-0.25, -0.2) is 9.13 Å². The lowest BCUT2D eigenvalue weighted by Gasteiger charge is -2.21. The van der Waals surface area contributed by atoms with Crippen LogP contribution in [-0.4, -0.2) is 95.9 Å². The van der Waals surface area contributed by atoms with Crippen LogP contribution in [0.5, 0.6) is 0 Å². The first-order valence-electron chi connectivity index (χ1n) is 31.8. The normalized spacial score (nSPS) is 15.3. The first-order chi connectivity index (χ1) is 42.2. The molecule has 0 aromatic heterocycles. The Bertz CT molecular complexity index is 2220. The van der Waals surface area contributed by atoms with E-state index in [9.17, 15) is 43.5 Å². The molecule has 4 N–H and O–H groups in total. The van der Waals surface area contributed by atoms with Crippen molar-refractivity contribution in [1.29, 1.82) is 0 Å². The summed E-state index contributed by atoms with van der Waals surface area (Å²) in [5.74, 6) is -1.72. The van der Waals surface area contributed by atoms with Crippen molar-refractivity contribution in [2.45, 2.75) is 219 Å². The maximum absolute atomic E-state index is 12.9. The second kappa shape index (κ2) is 61.4. The van der Waals surface area contributed by atoms with Gasteiger partial charge in [0.15, 0.2) is 6.10 Å². The molecule has 0 aromatic rings. The molecule has 0 saturated carbocycles. The minimum atomic E-state index is -4.94. The third-order valence-electron chi connectivity index (χ3n) is 12.2. The molecule has 5 atom stereocenters. The third kappa shape index (κ3) is 62.6. The maximum Gasteiger partial charge on any atom is 0.472 e. The number of esters is 3. The Kier molecular flexibility index (Phi) is 58.0. The number of aliphatic hydroxyl groups excluding tert-OH is 2. The van der Waals surface area contributed by atoms with Crippen LogP contribution < -0.4 is 0 Å². The number of carbonyl (C=O) groups excluding carboxylic acids is 3. The minimum Gasteiger partial charge on any atom is -0.463 e. The molecule has 0 aliphatic heterocycles. The monoisotopic (exact) mass is 1260 g/mol. The van der Waals surface area contributed by atoms with Crippen LogP contribution in [0.2, 0.25) is 0 Å². The standard InChI is InChI=1S/C69H110O16P2/c1-4-7-10-13-16-19-22-25-28-30-31-33-36-37-40-43-46-49-52-55-67(72)79-58-64(70)59-81-86(75,76)82-60-65(71)61-83-87(77,78)84-63-66(85-69(74)57-54-51-48-45-42-39-34-27-24-21-18-15-12-9-6-3)62-80-68(73)56-53-50-47-44-41-38-35-32-29-26-23-20-17-14-11-8-5-2/h7-12,16-21,25-29,31,33-35,37-38,40,46,49,64-66,70-71H,4-6,13-15,22-24,30,32,36,39,41-45,47-48,50-63H2,1-3H3,(H,75,76)(H,77,78)/b10-7-,11-8-,12-9-,19-16-,20-17-,21-18-,28-25-,29-26-,33-31-,34-27-,38-35-,40-37-,49-46-. The predicted octanol–water partition coefficient (Wildman–Crippen LogP) is 17.2. The summed E-state index contributed by atoms with van der Waals surface area (Å²) in [5.41, 5.74) is 0. The van der Waals surface area contributed by atoms with E-state index < -0.39 is 91.5 Å². The predicted molar refractivity (Wildman–Crippen MR) is 352 cm³/mol. The van der Waals surface area contributed by atoms with E-state index >= 15 is 0 Å². The Morgan fingerprint density at radius 2 is 0.598 bits per heavy atom. The fourth-order valence-corrected chi connectivity index (χ4v) is 9.07. The number of hydrogen-bond acceptors (Lipinski definition) is 14. The highest BCUT2D eigenvalue weighted by molar-refractivity contribution is 7.47. The summed E-state index contributed by atoms with van der Waals surface area (Å²) in [6.07, 6.45) is 73.2. The smallest absolute Gasteiger partial charge is 0.463 e. The first-order valence-corrected chi connectivity index (χ1v) is 34.8. The second-order valence-corrected chi connectivity index (χ2v) is 23.3. The molecule has 5 unspecified atom stereocenters. The van der Waals surface area contributed by atoms with E-state index in [1.54, 1.807) is 0 Å². The van der Waals surface area contributed by atoms with Crippen molar-refractivity contribution < 1.29 is 75.8 Å². The molecule has 87 heavy (non-hydrogen) atoms. The lowest BCUT2D eigenvalue weighted by atomic mass is 10.1. The molecule has 0 aromatic carbocycles. The number of hydrogen-bond donors (Lipinski definition) is 4. The summed E-state index contributed by atoms with van der Waals surface area (Å²) in [4.78, 5) is 58.2. The molecule has 0 fully saturated rings. The third-order valence-corrected chi connectivity index (χ3v) is 14.1. The number of unbranched alkanes of at least 4 members (excludes halogenated alkanes) is 9. The van der Waals surface area contributed by atoms with E-state index in [1.807, 2.05) is 18.2 Å². The van der Waals surface area contributed by atoms with Gasteiger partial charge in [-0.15, -0.1) is 0 Å². The molecule has 0 amide bonds. The number of allylic oxidation sites excluding steroid dienone is 26. The molecule has 0 aliphatic rings. The maximum atomic E-state index is 12.9. The first kappa shape index (κ1) is 82.2. The summed E-state index contributed by atoms with van der Waals surface area (Å²) in [6.45, 7) is 2.14. The quantitative estimate of drug-likeness (QED) is 0.0146. The van der Waals surface area contributed by atoms with Gasteiger partial charge in [0.05, 0.1) is 26.4 Å². The van der Waals surface area contributed by atoms with Crippen LogP contribution in [0.25, 0.3) is 0 Å². The molecule has 0 saturated heterocycles.